The average molecular weight is 246 g/mol. The Morgan fingerprint density at radius 1 is 1.33 bits per heavy atom. The Kier molecular flexibility index (Phi) is 3.90. The zero-order valence-electron chi connectivity index (χ0n) is 11.2. The first-order valence-electron chi connectivity index (χ1n) is 6.70. The monoisotopic (exact) mass is 246 g/mol. The van der Waals surface area contributed by atoms with E-state index in [9.17, 15) is 4.79 Å². The quantitative estimate of drug-likeness (QED) is 0.815. The van der Waals surface area contributed by atoms with Crippen molar-refractivity contribution in [3.8, 4) is 0 Å². The molecule has 2 rings (SSSR count). The van der Waals surface area contributed by atoms with Crippen LogP contribution in [-0.4, -0.2) is 23.4 Å². The molecule has 1 saturated heterocycles. The maximum Gasteiger partial charge on any atom is 0.227 e. The Morgan fingerprint density at radius 2 is 2.00 bits per heavy atom. The number of carbonyl (C=O) groups excluding carboxylic acids is 1. The normalized spacial score (nSPS) is 24.0. The lowest BCUT2D eigenvalue weighted by molar-refractivity contribution is -0.134. The minimum Gasteiger partial charge on any atom is -0.399 e. The number of amides is 1. The molecule has 18 heavy (non-hydrogen) atoms. The molecule has 1 aromatic carbocycles. The SMILES string of the molecule is CC1CCN(C(=O)Cc2ccc(N)cc2)C(C)C1. The van der Waals surface area contributed by atoms with Crippen molar-refractivity contribution in [3.63, 3.8) is 0 Å². The number of nitrogen functional groups attached to an aromatic ring is 1. The van der Waals surface area contributed by atoms with E-state index in [0.29, 0.717) is 12.5 Å². The van der Waals surface area contributed by atoms with Crippen molar-refractivity contribution in [2.45, 2.75) is 39.2 Å². The highest BCUT2D eigenvalue weighted by Crippen LogP contribution is 2.22. The lowest BCUT2D eigenvalue weighted by Gasteiger charge is -2.36. The van der Waals surface area contributed by atoms with Crippen molar-refractivity contribution in [3.05, 3.63) is 29.8 Å². The molecule has 3 nitrogen and oxygen atoms in total. The van der Waals surface area contributed by atoms with E-state index in [1.54, 1.807) is 0 Å². The van der Waals surface area contributed by atoms with Gasteiger partial charge in [-0.2, -0.15) is 0 Å². The fourth-order valence-corrected chi connectivity index (χ4v) is 2.69. The topological polar surface area (TPSA) is 46.3 Å². The van der Waals surface area contributed by atoms with Crippen molar-refractivity contribution in [1.82, 2.24) is 4.90 Å². The summed E-state index contributed by atoms with van der Waals surface area (Å²) in [6.45, 7) is 5.31. The Bertz CT molecular complexity index is 413. The van der Waals surface area contributed by atoms with Crippen molar-refractivity contribution in [2.24, 2.45) is 5.92 Å². The molecule has 1 heterocycles. The minimum atomic E-state index is 0.235. The fourth-order valence-electron chi connectivity index (χ4n) is 2.69. The molecule has 1 aromatic rings. The largest absolute Gasteiger partial charge is 0.399 e. The molecule has 0 bridgehead atoms. The molecule has 1 fully saturated rings. The second-order valence-corrected chi connectivity index (χ2v) is 5.48. The molecule has 2 atom stereocenters. The summed E-state index contributed by atoms with van der Waals surface area (Å²) in [5, 5.41) is 0. The highest BCUT2D eigenvalue weighted by atomic mass is 16.2. The van der Waals surface area contributed by atoms with Gasteiger partial charge in [-0.05, 0) is 43.4 Å². The number of nitrogens with zero attached hydrogens (tertiary/aromatic N) is 1. The third kappa shape index (κ3) is 3.03. The van der Waals surface area contributed by atoms with Crippen LogP contribution in [0.5, 0.6) is 0 Å². The van der Waals surface area contributed by atoms with Gasteiger partial charge < -0.3 is 10.6 Å². The summed E-state index contributed by atoms with van der Waals surface area (Å²) in [6, 6.07) is 7.94. The fraction of sp³-hybridized carbons (Fsp3) is 0.533. The number of hydrogen-bond acceptors (Lipinski definition) is 2. The maximum absolute atomic E-state index is 12.3. The van der Waals surface area contributed by atoms with Gasteiger partial charge in [0.25, 0.3) is 0 Å². The molecule has 98 valence electrons. The molecule has 0 aromatic heterocycles. The predicted molar refractivity (Wildman–Crippen MR) is 74.1 cm³/mol. The Labute approximate surface area is 109 Å². The first kappa shape index (κ1) is 12.9. The van der Waals surface area contributed by atoms with Crippen LogP contribution in [0.1, 0.15) is 32.3 Å². The summed E-state index contributed by atoms with van der Waals surface area (Å²) >= 11 is 0. The van der Waals surface area contributed by atoms with E-state index in [0.717, 1.165) is 36.6 Å². The van der Waals surface area contributed by atoms with Crippen molar-refractivity contribution >= 4 is 11.6 Å². The zero-order chi connectivity index (χ0) is 13.1. The van der Waals surface area contributed by atoms with Gasteiger partial charge >= 0.3 is 0 Å². The zero-order valence-corrected chi connectivity index (χ0v) is 11.2. The second kappa shape index (κ2) is 5.42. The van der Waals surface area contributed by atoms with Crippen LogP contribution in [-0.2, 0) is 11.2 Å². The third-order valence-corrected chi connectivity index (χ3v) is 3.79. The molecule has 1 amide bonds. The van der Waals surface area contributed by atoms with E-state index in [4.69, 9.17) is 5.73 Å². The van der Waals surface area contributed by atoms with Crippen LogP contribution < -0.4 is 5.73 Å². The molecule has 0 spiro atoms. The van der Waals surface area contributed by atoms with Gasteiger partial charge in [0, 0.05) is 18.3 Å². The van der Waals surface area contributed by atoms with Crippen molar-refractivity contribution in [1.29, 1.82) is 0 Å². The van der Waals surface area contributed by atoms with Crippen LogP contribution in [0, 0.1) is 5.92 Å². The standard InChI is InChI=1S/C15H22N2O/c1-11-7-8-17(12(2)9-11)15(18)10-13-3-5-14(16)6-4-13/h3-6,11-12H,7-10,16H2,1-2H3. The first-order chi connectivity index (χ1) is 8.56. The van der Waals surface area contributed by atoms with Gasteiger partial charge in [0.15, 0.2) is 0 Å². The lowest BCUT2D eigenvalue weighted by Crippen LogP contribution is -2.44. The molecule has 2 N–H and O–H groups in total. The Morgan fingerprint density at radius 3 is 2.61 bits per heavy atom. The van der Waals surface area contributed by atoms with E-state index in [1.165, 1.54) is 0 Å². The number of carbonyl (C=O) groups is 1. The van der Waals surface area contributed by atoms with Crippen LogP contribution >= 0.6 is 0 Å². The molecule has 1 aliphatic rings. The smallest absolute Gasteiger partial charge is 0.227 e. The number of likely N-dealkylation sites (tertiary alicyclic amines) is 1. The van der Waals surface area contributed by atoms with E-state index in [1.807, 2.05) is 29.2 Å². The van der Waals surface area contributed by atoms with E-state index < -0.39 is 0 Å². The summed E-state index contributed by atoms with van der Waals surface area (Å²) in [7, 11) is 0. The van der Waals surface area contributed by atoms with Crippen LogP contribution in [0.25, 0.3) is 0 Å². The second-order valence-electron chi connectivity index (χ2n) is 5.48. The predicted octanol–water partition coefficient (Wildman–Crippen LogP) is 2.46. The minimum absolute atomic E-state index is 0.235. The summed E-state index contributed by atoms with van der Waals surface area (Å²) in [5.74, 6) is 0.972. The van der Waals surface area contributed by atoms with Gasteiger partial charge in [0.05, 0.1) is 6.42 Å². The highest BCUT2D eigenvalue weighted by molar-refractivity contribution is 5.79. The van der Waals surface area contributed by atoms with Crippen LogP contribution in [0.3, 0.4) is 0 Å². The van der Waals surface area contributed by atoms with Gasteiger partial charge in [-0.25, -0.2) is 0 Å². The number of hydrogen-bond donors (Lipinski definition) is 1. The van der Waals surface area contributed by atoms with Crippen molar-refractivity contribution in [2.75, 3.05) is 12.3 Å². The Balaban J connectivity index is 1.97. The highest BCUT2D eigenvalue weighted by Gasteiger charge is 2.26. The number of benzene rings is 1. The molecule has 0 radical (unpaired) electrons. The summed E-state index contributed by atoms with van der Waals surface area (Å²) in [6.07, 6.45) is 2.73. The maximum atomic E-state index is 12.3. The molecule has 0 aliphatic carbocycles. The van der Waals surface area contributed by atoms with Gasteiger partial charge in [0.1, 0.15) is 0 Å². The molecular weight excluding hydrogens is 224 g/mol. The average Bonchev–Trinajstić information content (AvgIpc) is 2.32. The lowest BCUT2D eigenvalue weighted by atomic mass is 9.93. The number of piperidine rings is 1. The summed E-state index contributed by atoms with van der Waals surface area (Å²) in [4.78, 5) is 14.3. The van der Waals surface area contributed by atoms with E-state index in [2.05, 4.69) is 13.8 Å². The van der Waals surface area contributed by atoms with E-state index >= 15 is 0 Å². The molecule has 1 aliphatic heterocycles. The van der Waals surface area contributed by atoms with Gasteiger partial charge in [0.2, 0.25) is 5.91 Å². The molecule has 0 saturated carbocycles. The first-order valence-corrected chi connectivity index (χ1v) is 6.70. The summed E-state index contributed by atoms with van der Waals surface area (Å²) < 4.78 is 0. The van der Waals surface area contributed by atoms with Crippen molar-refractivity contribution < 1.29 is 4.79 Å². The van der Waals surface area contributed by atoms with Gasteiger partial charge in [-0.15, -0.1) is 0 Å². The number of nitrogens with two attached hydrogens (primary N) is 1. The summed E-state index contributed by atoms with van der Waals surface area (Å²) in [5.41, 5.74) is 7.43. The number of anilines is 1. The number of rotatable bonds is 2. The van der Waals surface area contributed by atoms with Crippen LogP contribution in [0.2, 0.25) is 0 Å². The van der Waals surface area contributed by atoms with Crippen LogP contribution in [0.15, 0.2) is 24.3 Å². The molecule has 3 heteroatoms. The molecular formula is C15H22N2O. The van der Waals surface area contributed by atoms with Gasteiger partial charge in [-0.3, -0.25) is 4.79 Å². The van der Waals surface area contributed by atoms with Crippen LogP contribution in [0.4, 0.5) is 5.69 Å². The Hall–Kier alpha value is -1.51. The van der Waals surface area contributed by atoms with E-state index in [-0.39, 0.29) is 5.91 Å². The van der Waals surface area contributed by atoms with Gasteiger partial charge in [-0.1, -0.05) is 19.1 Å². The molecule has 2 unspecified atom stereocenters. The third-order valence-electron chi connectivity index (χ3n) is 3.79.